The van der Waals surface area contributed by atoms with Gasteiger partial charge in [0.05, 0.1) is 66.8 Å². The molecule has 0 aliphatic rings. The van der Waals surface area contributed by atoms with Crippen LogP contribution >= 0.6 is 22.7 Å². The summed E-state index contributed by atoms with van der Waals surface area (Å²) in [5.41, 5.74) is 10.8. The summed E-state index contributed by atoms with van der Waals surface area (Å²) >= 11 is 2.71. The van der Waals surface area contributed by atoms with E-state index in [-0.39, 0.29) is 35.8 Å². The molecular weight excluding hydrogens is 1370 g/mol. The Kier molecular flexibility index (Phi) is 23.6. The van der Waals surface area contributed by atoms with Gasteiger partial charge in [0.2, 0.25) is 11.6 Å². The van der Waals surface area contributed by atoms with Gasteiger partial charge in [0.1, 0.15) is 0 Å². The molecule has 0 bridgehead atoms. The Morgan fingerprint density at radius 3 is 0.942 bits per heavy atom. The lowest BCUT2D eigenvalue weighted by Crippen LogP contribution is -2.39. The molecule has 2 amide bonds. The van der Waals surface area contributed by atoms with Gasteiger partial charge >= 0.3 is 35.8 Å². The van der Waals surface area contributed by atoms with Crippen molar-refractivity contribution in [2.75, 3.05) is 0 Å². The van der Waals surface area contributed by atoms with Crippen molar-refractivity contribution in [2.45, 2.75) is 134 Å². The average Bonchev–Trinajstić information content (AvgIpc) is 1.59. The summed E-state index contributed by atoms with van der Waals surface area (Å²) < 4.78 is 4.07. The smallest absolute Gasteiger partial charge is 0.331 e. The van der Waals surface area contributed by atoms with E-state index in [4.69, 9.17) is 29.0 Å². The number of hydrogen-bond acceptors (Lipinski definition) is 22. The fourth-order valence-electron chi connectivity index (χ4n) is 12.2. The van der Waals surface area contributed by atoms with Crippen molar-refractivity contribution < 1.29 is 77.0 Å². The fourth-order valence-corrected chi connectivity index (χ4v) is 14.0. The molecule has 0 aliphatic heterocycles. The van der Waals surface area contributed by atoms with Gasteiger partial charge in [0.15, 0.2) is 0 Å². The molecule has 6 aromatic carbocycles. The highest BCUT2D eigenvalue weighted by atomic mass is 32.1. The number of aromatic nitrogens is 2. The molecular formula is C78H74N8O16S2. The first-order chi connectivity index (χ1) is 49.6. The highest BCUT2D eigenvalue weighted by molar-refractivity contribution is 7.12. The summed E-state index contributed by atoms with van der Waals surface area (Å²) in [4.78, 5) is 159. The molecule has 26 heteroatoms. The topological polar surface area (TPSA) is 292 Å². The molecule has 0 N–H and O–H groups in total. The van der Waals surface area contributed by atoms with E-state index in [0.717, 1.165) is 54.7 Å². The van der Waals surface area contributed by atoms with Crippen LogP contribution in [0.5, 0.6) is 0 Å². The molecule has 24 nitrogen and oxygen atoms in total. The maximum Gasteiger partial charge on any atom is 0.331 e. The number of carbonyl (C=O) groups is 10. The van der Waals surface area contributed by atoms with Crippen molar-refractivity contribution >= 4 is 148 Å². The SMILES string of the molecule is CC(=O)ON=C(CCCCC(=NOC(C)=O)c1ccc(-n2c3ccc(C(=O)c4sccc4C)cc3c3cc(C(CC(C)N(OC(C)=O)C(C)=O)=NOC(C)=O)ccc32)cc1)c1ccc(-n2c3ccc(C(=O)c4sccc4C)cc3c3cc(C(CC(C)N(OC(C)=O)C(C)=O)=NOC(C)=O)ccc32)cc1. The number of amides is 2. The Balaban J connectivity index is 0.943. The van der Waals surface area contributed by atoms with E-state index in [2.05, 4.69) is 20.6 Å². The van der Waals surface area contributed by atoms with E-state index in [1.807, 2.05) is 143 Å². The van der Waals surface area contributed by atoms with E-state index in [0.29, 0.717) is 102 Å². The Labute approximate surface area is 605 Å². The molecule has 0 saturated carbocycles. The Morgan fingerprint density at radius 1 is 0.375 bits per heavy atom. The number of carbonyl (C=O) groups excluding carboxylic acids is 10. The van der Waals surface area contributed by atoms with Crippen molar-refractivity contribution in [1.82, 2.24) is 19.3 Å². The number of unbranched alkanes of at least 4 members (excludes halogenated alkanes) is 1. The number of benzene rings is 6. The van der Waals surface area contributed by atoms with Crippen LogP contribution < -0.4 is 0 Å². The first-order valence-corrected chi connectivity index (χ1v) is 34.9. The number of oxime groups is 4. The van der Waals surface area contributed by atoms with E-state index >= 15 is 0 Å². The molecule has 10 rings (SSSR count). The van der Waals surface area contributed by atoms with Crippen molar-refractivity contribution in [1.29, 1.82) is 0 Å². The molecule has 0 fully saturated rings. The summed E-state index contributed by atoms with van der Waals surface area (Å²) in [7, 11) is 0. The zero-order valence-electron chi connectivity index (χ0n) is 59.2. The second-order valence-electron chi connectivity index (χ2n) is 24.9. The quantitative estimate of drug-likeness (QED) is 0.0169. The van der Waals surface area contributed by atoms with Gasteiger partial charge in [0.25, 0.3) is 11.8 Å². The number of fused-ring (bicyclic) bond motifs is 6. The Hall–Kier alpha value is -11.9. The van der Waals surface area contributed by atoms with Crippen LogP contribution in [0.4, 0.5) is 0 Å². The first kappa shape index (κ1) is 74.8. The predicted molar refractivity (Wildman–Crippen MR) is 395 cm³/mol. The molecule has 0 saturated heterocycles. The third-order valence-electron chi connectivity index (χ3n) is 16.8. The minimum atomic E-state index is -0.745. The highest BCUT2D eigenvalue weighted by Crippen LogP contribution is 2.38. The monoisotopic (exact) mass is 1440 g/mol. The van der Waals surface area contributed by atoms with Crippen LogP contribution in [0, 0.1) is 13.8 Å². The van der Waals surface area contributed by atoms with Crippen LogP contribution in [-0.4, -0.2) is 113 Å². The largest absolute Gasteiger partial charge is 0.338 e. The van der Waals surface area contributed by atoms with Crippen molar-refractivity contribution in [3.63, 3.8) is 0 Å². The van der Waals surface area contributed by atoms with Crippen LogP contribution in [0.1, 0.15) is 172 Å². The van der Waals surface area contributed by atoms with E-state index < -0.39 is 59.7 Å². The molecule has 0 aliphatic carbocycles. The standard InChI is InChI=1S/C78H74N8O16S2/c1-43-33-35-103-77(43)75(95)59-23-31-73-65(41-59)63-39-57(69(81-99-51(9)91)37-45(3)85(47(5)87)101-53(11)93)21-29-71(63)83(73)61-25-17-55(18-26-61)67(79-97-49(7)89)15-13-14-16-68(80-98-50(8)90)56-19-27-62(28-20-56)84-72-30-22-58(70(82-100-52(10)92)38-46(4)86(48(6)88)102-54(12)94)40-64(72)66-42-60(24-32-74(66)84)76(96)78-44(2)34-36-104-78/h17-36,39-42,45-46H,13-16,37-38H2,1-12H3. The number of hydrogen-bond donors (Lipinski definition) is 0. The molecule has 4 heterocycles. The molecule has 4 aromatic heterocycles. The van der Waals surface area contributed by atoms with Gasteiger partial charge in [-0.1, -0.05) is 57.0 Å². The summed E-state index contributed by atoms with van der Waals surface area (Å²) in [6.45, 7) is 16.9. The summed E-state index contributed by atoms with van der Waals surface area (Å²) in [5.74, 6) is -5.37. The van der Waals surface area contributed by atoms with Gasteiger partial charge in [0, 0.05) is 123 Å². The second-order valence-corrected chi connectivity index (χ2v) is 26.7. The molecule has 534 valence electrons. The normalized spacial score (nSPS) is 12.6. The molecule has 10 aromatic rings. The van der Waals surface area contributed by atoms with E-state index in [1.165, 1.54) is 78.1 Å². The molecule has 104 heavy (non-hydrogen) atoms. The summed E-state index contributed by atoms with van der Waals surface area (Å²) in [6, 6.07) is 39.4. The lowest BCUT2D eigenvalue weighted by atomic mass is 9.99. The molecule has 2 atom stereocenters. The van der Waals surface area contributed by atoms with Crippen LogP contribution in [0.3, 0.4) is 0 Å². The van der Waals surface area contributed by atoms with Crippen molar-refractivity contribution in [2.24, 2.45) is 20.6 Å². The van der Waals surface area contributed by atoms with Gasteiger partial charge in [-0.25, -0.2) is 19.2 Å². The summed E-state index contributed by atoms with van der Waals surface area (Å²) in [5, 5.41) is 25.5. The number of aryl methyl sites for hydroxylation is 2. The molecule has 0 spiro atoms. The van der Waals surface area contributed by atoms with Crippen molar-refractivity contribution in [3.05, 3.63) is 198 Å². The average molecular weight is 1440 g/mol. The number of ketones is 2. The predicted octanol–water partition coefficient (Wildman–Crippen LogP) is 14.6. The zero-order valence-corrected chi connectivity index (χ0v) is 60.8. The van der Waals surface area contributed by atoms with Crippen LogP contribution in [0.25, 0.3) is 55.0 Å². The maximum atomic E-state index is 14.1. The van der Waals surface area contributed by atoms with Gasteiger partial charge in [-0.3, -0.25) is 28.8 Å². The number of rotatable bonds is 25. The van der Waals surface area contributed by atoms with Crippen LogP contribution in [0.2, 0.25) is 0 Å². The van der Waals surface area contributed by atoms with Crippen molar-refractivity contribution in [3.8, 4) is 11.4 Å². The molecule has 0 radical (unpaired) electrons. The Bertz CT molecular complexity index is 4890. The number of thiophene rings is 2. The second kappa shape index (κ2) is 32.8. The minimum Gasteiger partial charge on any atom is -0.338 e. The van der Waals surface area contributed by atoms with Gasteiger partial charge in [-0.2, -0.15) is 10.1 Å². The van der Waals surface area contributed by atoms with E-state index in [1.54, 1.807) is 38.1 Å². The fraction of sp³-hybridized carbons (Fsp3) is 0.256. The lowest BCUT2D eigenvalue weighted by Gasteiger charge is -2.26. The summed E-state index contributed by atoms with van der Waals surface area (Å²) in [6.07, 6.45) is 1.68. The van der Waals surface area contributed by atoms with E-state index in [9.17, 15) is 47.9 Å². The minimum absolute atomic E-state index is 0.000188. The highest BCUT2D eigenvalue weighted by Gasteiger charge is 2.28. The number of nitrogens with zero attached hydrogens (tertiary/aromatic N) is 8. The van der Waals surface area contributed by atoms with Gasteiger partial charge in [-0.05, 0) is 183 Å². The Morgan fingerprint density at radius 2 is 0.663 bits per heavy atom. The van der Waals surface area contributed by atoms with Crippen LogP contribution in [0.15, 0.2) is 165 Å². The van der Waals surface area contributed by atoms with Gasteiger partial charge in [-0.15, -0.1) is 22.7 Å². The third-order valence-corrected chi connectivity index (χ3v) is 18.9. The third kappa shape index (κ3) is 17.3. The first-order valence-electron chi connectivity index (χ1n) is 33.2. The lowest BCUT2D eigenvalue weighted by molar-refractivity contribution is -0.202. The zero-order chi connectivity index (χ0) is 74.8. The maximum absolute atomic E-state index is 14.1. The van der Waals surface area contributed by atoms with Gasteiger partial charge < -0.3 is 38.2 Å². The number of hydroxylamine groups is 4. The van der Waals surface area contributed by atoms with Crippen LogP contribution in [-0.2, 0) is 67.4 Å². The molecule has 2 unspecified atom stereocenters.